The minimum absolute atomic E-state index is 0.00164. The van der Waals surface area contributed by atoms with Crippen molar-refractivity contribution < 1.29 is 4.74 Å². The highest BCUT2D eigenvalue weighted by molar-refractivity contribution is 7.98. The fraction of sp³-hybridized carbons (Fsp3) is 0.333. The monoisotopic (exact) mass is 301 g/mol. The largest absolute Gasteiger partial charge is 0.494 e. The first-order valence-corrected chi connectivity index (χ1v) is 8.47. The van der Waals surface area contributed by atoms with Crippen LogP contribution < -0.4 is 10.5 Å². The van der Waals surface area contributed by atoms with E-state index in [2.05, 4.69) is 37.3 Å². The Morgan fingerprint density at radius 1 is 1.10 bits per heavy atom. The van der Waals surface area contributed by atoms with Gasteiger partial charge in [-0.2, -0.15) is 11.8 Å². The standard InChI is InChI=1S/C18H23NOS/c1-3-20-18-11-7-6-10-16(18)17(19)13-21-12-15-9-5-4-8-14(15)2/h4-11,17H,3,12-13,19H2,1-2H3. The summed E-state index contributed by atoms with van der Waals surface area (Å²) in [6.45, 7) is 4.82. The van der Waals surface area contributed by atoms with Crippen LogP contribution in [0.3, 0.4) is 0 Å². The van der Waals surface area contributed by atoms with Gasteiger partial charge in [0.1, 0.15) is 5.75 Å². The molecule has 0 spiro atoms. The molecule has 112 valence electrons. The van der Waals surface area contributed by atoms with Gasteiger partial charge < -0.3 is 10.5 Å². The van der Waals surface area contributed by atoms with E-state index in [1.54, 1.807) is 0 Å². The van der Waals surface area contributed by atoms with Gasteiger partial charge in [0, 0.05) is 23.1 Å². The molecule has 0 heterocycles. The van der Waals surface area contributed by atoms with E-state index >= 15 is 0 Å². The van der Waals surface area contributed by atoms with Gasteiger partial charge in [0.15, 0.2) is 0 Å². The van der Waals surface area contributed by atoms with Crippen LogP contribution in [0.1, 0.15) is 29.7 Å². The van der Waals surface area contributed by atoms with Crippen molar-refractivity contribution >= 4 is 11.8 Å². The number of para-hydroxylation sites is 1. The summed E-state index contributed by atoms with van der Waals surface area (Å²) < 4.78 is 5.65. The Labute approximate surface area is 131 Å². The number of aryl methyl sites for hydroxylation is 1. The van der Waals surface area contributed by atoms with Crippen LogP contribution in [0.5, 0.6) is 5.75 Å². The third-order valence-corrected chi connectivity index (χ3v) is 4.54. The number of benzene rings is 2. The lowest BCUT2D eigenvalue weighted by Crippen LogP contribution is -2.14. The molecular formula is C18H23NOS. The molecule has 2 rings (SSSR count). The maximum absolute atomic E-state index is 6.33. The summed E-state index contributed by atoms with van der Waals surface area (Å²) in [7, 11) is 0. The van der Waals surface area contributed by atoms with Crippen LogP contribution in [0.4, 0.5) is 0 Å². The van der Waals surface area contributed by atoms with Crippen LogP contribution in [0.25, 0.3) is 0 Å². The van der Waals surface area contributed by atoms with Gasteiger partial charge in [0.05, 0.1) is 6.61 Å². The van der Waals surface area contributed by atoms with Crippen LogP contribution >= 0.6 is 11.8 Å². The number of hydrogen-bond donors (Lipinski definition) is 1. The first-order valence-electron chi connectivity index (χ1n) is 7.32. The second-order valence-corrected chi connectivity index (χ2v) is 6.05. The van der Waals surface area contributed by atoms with Crippen LogP contribution in [0, 0.1) is 6.92 Å². The molecule has 0 saturated carbocycles. The summed E-state index contributed by atoms with van der Waals surface area (Å²) in [5.74, 6) is 2.79. The van der Waals surface area contributed by atoms with Gasteiger partial charge >= 0.3 is 0 Å². The lowest BCUT2D eigenvalue weighted by Gasteiger charge is -2.16. The first kappa shape index (κ1) is 15.9. The van der Waals surface area contributed by atoms with Crippen molar-refractivity contribution in [3.63, 3.8) is 0 Å². The van der Waals surface area contributed by atoms with E-state index in [1.165, 1.54) is 11.1 Å². The Morgan fingerprint density at radius 2 is 1.81 bits per heavy atom. The van der Waals surface area contributed by atoms with Gasteiger partial charge in [-0.15, -0.1) is 0 Å². The molecule has 0 bridgehead atoms. The molecule has 0 fully saturated rings. The van der Waals surface area contributed by atoms with Gasteiger partial charge in [0.25, 0.3) is 0 Å². The maximum atomic E-state index is 6.33. The second-order valence-electron chi connectivity index (χ2n) is 5.02. The van der Waals surface area contributed by atoms with Gasteiger partial charge in [0.2, 0.25) is 0 Å². The average molecular weight is 301 g/mol. The fourth-order valence-corrected chi connectivity index (χ4v) is 3.33. The Kier molecular flexibility index (Phi) is 6.15. The van der Waals surface area contributed by atoms with Crippen molar-refractivity contribution in [1.29, 1.82) is 0 Å². The summed E-state index contributed by atoms with van der Waals surface area (Å²) in [6, 6.07) is 16.6. The Bertz CT molecular complexity index is 571. The lowest BCUT2D eigenvalue weighted by atomic mass is 10.1. The number of ether oxygens (including phenoxy) is 1. The van der Waals surface area contributed by atoms with Crippen molar-refractivity contribution in [3.05, 3.63) is 65.2 Å². The molecule has 0 amide bonds. The summed E-state index contributed by atoms with van der Waals surface area (Å²) in [6.07, 6.45) is 0. The molecule has 2 aromatic rings. The molecule has 1 atom stereocenters. The SMILES string of the molecule is CCOc1ccccc1C(N)CSCc1ccccc1C. The molecule has 2 nitrogen and oxygen atoms in total. The Hall–Kier alpha value is -1.45. The van der Waals surface area contributed by atoms with Crippen LogP contribution in [-0.2, 0) is 5.75 Å². The number of hydrogen-bond acceptors (Lipinski definition) is 3. The fourth-order valence-electron chi connectivity index (χ4n) is 2.23. The average Bonchev–Trinajstić information content (AvgIpc) is 2.50. The molecule has 3 heteroatoms. The molecule has 0 aliphatic rings. The van der Waals surface area contributed by atoms with E-state index in [-0.39, 0.29) is 6.04 Å². The van der Waals surface area contributed by atoms with Crippen molar-refractivity contribution in [1.82, 2.24) is 0 Å². The smallest absolute Gasteiger partial charge is 0.124 e. The molecule has 0 aromatic heterocycles. The van der Waals surface area contributed by atoms with Crippen LogP contribution in [0.2, 0.25) is 0 Å². The van der Waals surface area contributed by atoms with Crippen molar-refractivity contribution in [2.75, 3.05) is 12.4 Å². The van der Waals surface area contributed by atoms with Crippen molar-refractivity contribution in [3.8, 4) is 5.75 Å². The van der Waals surface area contributed by atoms with E-state index in [0.29, 0.717) is 6.61 Å². The van der Waals surface area contributed by atoms with Crippen molar-refractivity contribution in [2.24, 2.45) is 5.73 Å². The zero-order valence-corrected chi connectivity index (χ0v) is 13.5. The van der Waals surface area contributed by atoms with E-state index in [1.807, 2.05) is 36.9 Å². The number of rotatable bonds is 7. The number of nitrogens with two attached hydrogens (primary N) is 1. The van der Waals surface area contributed by atoms with Gasteiger partial charge in [-0.25, -0.2) is 0 Å². The molecule has 1 unspecified atom stereocenters. The number of thioether (sulfide) groups is 1. The molecule has 0 aliphatic heterocycles. The van der Waals surface area contributed by atoms with Crippen LogP contribution in [0.15, 0.2) is 48.5 Å². The minimum atomic E-state index is 0.00164. The summed E-state index contributed by atoms with van der Waals surface area (Å²) in [5.41, 5.74) is 10.1. The zero-order chi connectivity index (χ0) is 15.1. The molecule has 2 N–H and O–H groups in total. The highest BCUT2D eigenvalue weighted by atomic mass is 32.2. The normalized spacial score (nSPS) is 12.1. The van der Waals surface area contributed by atoms with E-state index in [9.17, 15) is 0 Å². The summed E-state index contributed by atoms with van der Waals surface area (Å²) in [4.78, 5) is 0. The summed E-state index contributed by atoms with van der Waals surface area (Å²) >= 11 is 1.87. The van der Waals surface area contributed by atoms with Gasteiger partial charge in [-0.05, 0) is 31.0 Å². The van der Waals surface area contributed by atoms with Gasteiger partial charge in [-0.3, -0.25) is 0 Å². The third kappa shape index (κ3) is 4.51. The lowest BCUT2D eigenvalue weighted by molar-refractivity contribution is 0.335. The van der Waals surface area contributed by atoms with E-state index in [4.69, 9.17) is 10.5 Å². The molecule has 0 saturated heterocycles. The molecule has 0 radical (unpaired) electrons. The summed E-state index contributed by atoms with van der Waals surface area (Å²) in [5, 5.41) is 0. The quantitative estimate of drug-likeness (QED) is 0.827. The van der Waals surface area contributed by atoms with Gasteiger partial charge in [-0.1, -0.05) is 42.5 Å². The Morgan fingerprint density at radius 3 is 2.57 bits per heavy atom. The van der Waals surface area contributed by atoms with E-state index < -0.39 is 0 Å². The molecule has 21 heavy (non-hydrogen) atoms. The van der Waals surface area contributed by atoms with E-state index in [0.717, 1.165) is 22.8 Å². The topological polar surface area (TPSA) is 35.2 Å². The highest BCUT2D eigenvalue weighted by Gasteiger charge is 2.11. The third-order valence-electron chi connectivity index (χ3n) is 3.43. The van der Waals surface area contributed by atoms with Crippen LogP contribution in [-0.4, -0.2) is 12.4 Å². The maximum Gasteiger partial charge on any atom is 0.124 e. The predicted molar refractivity (Wildman–Crippen MR) is 91.9 cm³/mol. The molecular weight excluding hydrogens is 278 g/mol. The highest BCUT2D eigenvalue weighted by Crippen LogP contribution is 2.27. The zero-order valence-electron chi connectivity index (χ0n) is 12.7. The molecule has 0 aliphatic carbocycles. The second kappa shape index (κ2) is 8.11. The molecule has 2 aromatic carbocycles. The first-order chi connectivity index (χ1) is 10.2. The van der Waals surface area contributed by atoms with Crippen molar-refractivity contribution in [2.45, 2.75) is 25.6 Å². The Balaban J connectivity index is 1.93. The minimum Gasteiger partial charge on any atom is -0.494 e. The predicted octanol–water partition coefficient (Wildman–Crippen LogP) is 4.33.